The summed E-state index contributed by atoms with van der Waals surface area (Å²) in [5.41, 5.74) is 0. The zero-order valence-corrected chi connectivity index (χ0v) is 12.9. The van der Waals surface area contributed by atoms with Crippen molar-refractivity contribution in [3.05, 3.63) is 0 Å². The number of thioether (sulfide) groups is 1. The molecule has 2 nitrogen and oxygen atoms in total. The molecule has 0 aromatic heterocycles. The molecule has 0 atom stereocenters. The second-order valence-electron chi connectivity index (χ2n) is 4.60. The average Bonchev–Trinajstić information content (AvgIpc) is 2.38. The molecule has 0 aliphatic carbocycles. The van der Waals surface area contributed by atoms with Gasteiger partial charge in [0.05, 0.1) is 0 Å². The van der Waals surface area contributed by atoms with Crippen molar-refractivity contribution in [2.75, 3.05) is 18.1 Å². The van der Waals surface area contributed by atoms with Crippen molar-refractivity contribution in [3.8, 4) is 0 Å². The molecule has 0 saturated heterocycles. The van der Waals surface area contributed by atoms with E-state index in [9.17, 15) is 13.6 Å². The number of unbranched alkanes of at least 4 members (excludes halogenated alkanes) is 2. The van der Waals surface area contributed by atoms with Crippen LogP contribution in [0.3, 0.4) is 0 Å². The maximum Gasteiger partial charge on any atom is 0.305 e. The Kier molecular flexibility index (Phi) is 11.3. The van der Waals surface area contributed by atoms with Crippen LogP contribution in [-0.4, -0.2) is 30.0 Å². The third-order valence-electron chi connectivity index (χ3n) is 2.82. The second kappa shape index (κ2) is 11.5. The Labute approximate surface area is 119 Å². The maximum absolute atomic E-state index is 12.9. The molecule has 0 amide bonds. The Bertz CT molecular complexity index is 235. The second-order valence-corrected chi connectivity index (χ2v) is 5.83. The average molecular weight is 296 g/mol. The monoisotopic (exact) mass is 296 g/mol. The van der Waals surface area contributed by atoms with E-state index in [4.69, 9.17) is 4.74 Å². The standard InChI is InChI=1S/C14H26F2O2S/c1-3-5-6-8-13(17)18-10-12-19-11-7-9-14(15,16)4-2/h3-12H2,1-2H3. The number of hydrogen-bond acceptors (Lipinski definition) is 3. The Balaban J connectivity index is 3.29. The molecule has 0 radical (unpaired) electrons. The van der Waals surface area contributed by atoms with E-state index in [1.165, 1.54) is 6.92 Å². The fraction of sp³-hybridized carbons (Fsp3) is 0.929. The van der Waals surface area contributed by atoms with Crippen molar-refractivity contribution in [2.45, 2.75) is 64.7 Å². The predicted molar refractivity (Wildman–Crippen MR) is 76.9 cm³/mol. The van der Waals surface area contributed by atoms with Crippen LogP contribution < -0.4 is 0 Å². The van der Waals surface area contributed by atoms with Gasteiger partial charge in [-0.2, -0.15) is 11.8 Å². The maximum atomic E-state index is 12.9. The minimum atomic E-state index is -2.52. The molecular formula is C14H26F2O2S. The first kappa shape index (κ1) is 18.7. The quantitative estimate of drug-likeness (QED) is 0.387. The summed E-state index contributed by atoms with van der Waals surface area (Å²) in [4.78, 5) is 11.2. The first-order valence-electron chi connectivity index (χ1n) is 7.13. The van der Waals surface area contributed by atoms with Crippen LogP contribution in [0, 0.1) is 0 Å². The van der Waals surface area contributed by atoms with Gasteiger partial charge in [-0.25, -0.2) is 8.78 Å². The van der Waals surface area contributed by atoms with Gasteiger partial charge in [-0.1, -0.05) is 26.7 Å². The molecule has 0 spiro atoms. The largest absolute Gasteiger partial charge is 0.465 e. The van der Waals surface area contributed by atoms with Crippen LogP contribution in [0.5, 0.6) is 0 Å². The summed E-state index contributed by atoms with van der Waals surface area (Å²) in [6.45, 7) is 3.98. The molecule has 0 heterocycles. The fourth-order valence-corrected chi connectivity index (χ4v) is 2.27. The molecule has 0 aromatic carbocycles. The van der Waals surface area contributed by atoms with Crippen LogP contribution in [-0.2, 0) is 9.53 Å². The topological polar surface area (TPSA) is 26.3 Å². The van der Waals surface area contributed by atoms with Gasteiger partial charge in [0.1, 0.15) is 6.61 Å². The molecule has 5 heteroatoms. The molecule has 0 aliphatic rings. The van der Waals surface area contributed by atoms with E-state index in [0.717, 1.165) is 19.3 Å². The van der Waals surface area contributed by atoms with Gasteiger partial charge >= 0.3 is 5.97 Å². The molecule has 114 valence electrons. The summed E-state index contributed by atoms with van der Waals surface area (Å²) >= 11 is 1.56. The van der Waals surface area contributed by atoms with Crippen LogP contribution in [0.25, 0.3) is 0 Å². The lowest BCUT2D eigenvalue weighted by Crippen LogP contribution is -2.14. The van der Waals surface area contributed by atoms with Gasteiger partial charge in [-0.3, -0.25) is 4.79 Å². The normalized spacial score (nSPS) is 11.6. The molecule has 0 bridgehead atoms. The van der Waals surface area contributed by atoms with E-state index in [2.05, 4.69) is 6.92 Å². The van der Waals surface area contributed by atoms with Crippen molar-refractivity contribution in [1.82, 2.24) is 0 Å². The summed E-state index contributed by atoms with van der Waals surface area (Å²) in [5, 5.41) is 0. The van der Waals surface area contributed by atoms with Crippen LogP contribution in [0.1, 0.15) is 58.8 Å². The molecule has 0 aromatic rings. The molecule has 0 saturated carbocycles. The zero-order valence-electron chi connectivity index (χ0n) is 12.1. The Morgan fingerprint density at radius 1 is 1.16 bits per heavy atom. The van der Waals surface area contributed by atoms with Crippen LogP contribution in [0.4, 0.5) is 8.78 Å². The van der Waals surface area contributed by atoms with Crippen LogP contribution in [0.2, 0.25) is 0 Å². The highest BCUT2D eigenvalue weighted by molar-refractivity contribution is 7.99. The molecule has 0 unspecified atom stereocenters. The van der Waals surface area contributed by atoms with Gasteiger partial charge in [-0.05, 0) is 18.6 Å². The lowest BCUT2D eigenvalue weighted by atomic mass is 10.1. The fourth-order valence-electron chi connectivity index (χ4n) is 1.52. The highest BCUT2D eigenvalue weighted by Gasteiger charge is 2.24. The van der Waals surface area contributed by atoms with E-state index in [0.29, 0.717) is 31.0 Å². The third-order valence-corrected chi connectivity index (χ3v) is 3.86. The number of esters is 1. The van der Waals surface area contributed by atoms with Crippen molar-refractivity contribution < 1.29 is 18.3 Å². The van der Waals surface area contributed by atoms with Gasteiger partial charge in [0.2, 0.25) is 5.92 Å². The zero-order chi connectivity index (χ0) is 14.6. The Morgan fingerprint density at radius 2 is 1.89 bits per heavy atom. The summed E-state index contributed by atoms with van der Waals surface area (Å²) in [7, 11) is 0. The predicted octanol–water partition coefficient (Wildman–Crippen LogP) is 4.67. The summed E-state index contributed by atoms with van der Waals surface area (Å²) in [5.74, 6) is -1.28. The molecule has 0 rings (SSSR count). The SMILES string of the molecule is CCCCCC(=O)OCCSCCCC(F)(F)CC. The lowest BCUT2D eigenvalue weighted by Gasteiger charge is -2.12. The third kappa shape index (κ3) is 12.5. The van der Waals surface area contributed by atoms with Gasteiger partial charge in [0.25, 0.3) is 0 Å². The highest BCUT2D eigenvalue weighted by Crippen LogP contribution is 2.24. The van der Waals surface area contributed by atoms with Gasteiger partial charge < -0.3 is 4.74 Å². The number of hydrogen-bond donors (Lipinski definition) is 0. The van der Waals surface area contributed by atoms with E-state index in [-0.39, 0.29) is 18.8 Å². The smallest absolute Gasteiger partial charge is 0.305 e. The van der Waals surface area contributed by atoms with Gasteiger partial charge in [0.15, 0.2) is 0 Å². The van der Waals surface area contributed by atoms with E-state index in [1.807, 2.05) is 0 Å². The number of ether oxygens (including phenoxy) is 1. The van der Waals surface area contributed by atoms with Crippen LogP contribution in [0.15, 0.2) is 0 Å². The first-order valence-corrected chi connectivity index (χ1v) is 8.28. The molecule has 0 fully saturated rings. The molecule has 19 heavy (non-hydrogen) atoms. The number of halogens is 2. The molecular weight excluding hydrogens is 270 g/mol. The van der Waals surface area contributed by atoms with Crippen LogP contribution >= 0.6 is 11.8 Å². The van der Waals surface area contributed by atoms with Gasteiger partial charge in [0, 0.05) is 25.0 Å². The molecule has 0 aliphatic heterocycles. The minimum Gasteiger partial charge on any atom is -0.465 e. The summed E-state index contributed by atoms with van der Waals surface area (Å²) in [6, 6.07) is 0. The van der Waals surface area contributed by atoms with Gasteiger partial charge in [-0.15, -0.1) is 0 Å². The van der Waals surface area contributed by atoms with E-state index >= 15 is 0 Å². The van der Waals surface area contributed by atoms with Crippen molar-refractivity contribution in [3.63, 3.8) is 0 Å². The van der Waals surface area contributed by atoms with E-state index < -0.39 is 5.92 Å². The number of carbonyl (C=O) groups excluding carboxylic acids is 1. The summed E-state index contributed by atoms with van der Waals surface area (Å²) < 4.78 is 30.9. The molecule has 0 N–H and O–H groups in total. The lowest BCUT2D eigenvalue weighted by molar-refractivity contribution is -0.143. The van der Waals surface area contributed by atoms with Crippen molar-refractivity contribution in [2.24, 2.45) is 0 Å². The first-order chi connectivity index (χ1) is 9.02. The minimum absolute atomic E-state index is 0.0483. The Morgan fingerprint density at radius 3 is 2.53 bits per heavy atom. The number of rotatable bonds is 12. The van der Waals surface area contributed by atoms with Crippen molar-refractivity contribution >= 4 is 17.7 Å². The number of alkyl halides is 2. The highest BCUT2D eigenvalue weighted by atomic mass is 32.2. The van der Waals surface area contributed by atoms with E-state index in [1.54, 1.807) is 11.8 Å². The summed E-state index contributed by atoms with van der Waals surface area (Å²) in [6.07, 6.45) is 3.88. The Hall–Kier alpha value is -0.320. The van der Waals surface area contributed by atoms with Crippen molar-refractivity contribution in [1.29, 1.82) is 0 Å². The number of carbonyl (C=O) groups is 1.